The molecule has 1 amide bonds. The summed E-state index contributed by atoms with van der Waals surface area (Å²) in [4.78, 5) is 13.2. The van der Waals surface area contributed by atoms with Crippen molar-refractivity contribution in [3.05, 3.63) is 101 Å². The summed E-state index contributed by atoms with van der Waals surface area (Å²) in [7, 11) is -3.27. The molecule has 0 saturated heterocycles. The van der Waals surface area contributed by atoms with Crippen molar-refractivity contribution in [2.75, 3.05) is 6.26 Å². The highest BCUT2D eigenvalue weighted by molar-refractivity contribution is 7.90. The zero-order chi connectivity index (χ0) is 24.3. The fourth-order valence-electron chi connectivity index (χ4n) is 3.66. The van der Waals surface area contributed by atoms with Crippen LogP contribution in [0.5, 0.6) is 0 Å². The van der Waals surface area contributed by atoms with E-state index in [1.807, 2.05) is 55.6 Å². The fourth-order valence-corrected chi connectivity index (χ4v) is 4.41. The summed E-state index contributed by atoms with van der Waals surface area (Å²) >= 11 is 6.05. The number of carbonyl (C=O) groups excluding carboxylic acids is 1. The largest absolute Gasteiger partial charge is 0.349 e. The van der Waals surface area contributed by atoms with Crippen LogP contribution >= 0.6 is 11.6 Å². The Hall–Kier alpha value is -3.42. The molecule has 0 aliphatic carbocycles. The monoisotopic (exact) mass is 493 g/mol. The minimum Gasteiger partial charge on any atom is -0.349 e. The van der Waals surface area contributed by atoms with Crippen LogP contribution in [-0.4, -0.2) is 30.4 Å². The van der Waals surface area contributed by atoms with Crippen LogP contribution < -0.4 is 5.32 Å². The molecular formula is C26H24ClN3O3S. The minimum absolute atomic E-state index is 0.135. The summed E-state index contributed by atoms with van der Waals surface area (Å²) < 4.78 is 25.1. The van der Waals surface area contributed by atoms with E-state index in [-0.39, 0.29) is 23.3 Å². The Bertz CT molecular complexity index is 1400. The SMILES string of the molecule is CC(NC(=O)Cc1cn(-c2ccccc2)nc1-c1ccc(Cl)cc1)c1ccc(S(C)(=O)=O)cc1. The second kappa shape index (κ2) is 9.83. The van der Waals surface area contributed by atoms with Gasteiger partial charge in [0, 0.05) is 28.6 Å². The van der Waals surface area contributed by atoms with Gasteiger partial charge in [0.05, 0.1) is 28.7 Å². The first kappa shape index (κ1) is 23.7. The van der Waals surface area contributed by atoms with Crippen LogP contribution in [0.2, 0.25) is 5.02 Å². The first-order chi connectivity index (χ1) is 16.2. The number of sulfone groups is 1. The predicted molar refractivity (Wildman–Crippen MR) is 134 cm³/mol. The van der Waals surface area contributed by atoms with Crippen LogP contribution in [0, 0.1) is 0 Å². The van der Waals surface area contributed by atoms with Crippen LogP contribution in [0.15, 0.2) is 90.0 Å². The molecule has 1 unspecified atom stereocenters. The Labute approximate surface area is 204 Å². The molecule has 1 atom stereocenters. The molecule has 0 aliphatic rings. The van der Waals surface area contributed by atoms with Crippen molar-refractivity contribution < 1.29 is 13.2 Å². The zero-order valence-electron chi connectivity index (χ0n) is 18.8. The van der Waals surface area contributed by atoms with E-state index in [0.29, 0.717) is 10.7 Å². The first-order valence-electron chi connectivity index (χ1n) is 10.7. The Morgan fingerprint density at radius 3 is 2.26 bits per heavy atom. The third-order valence-corrected chi connectivity index (χ3v) is 6.85. The molecule has 6 nitrogen and oxygen atoms in total. The number of nitrogens with zero attached hydrogens (tertiary/aromatic N) is 2. The van der Waals surface area contributed by atoms with E-state index < -0.39 is 9.84 Å². The van der Waals surface area contributed by atoms with Crippen LogP contribution in [0.1, 0.15) is 24.1 Å². The van der Waals surface area contributed by atoms with Gasteiger partial charge in [-0.15, -0.1) is 0 Å². The van der Waals surface area contributed by atoms with E-state index in [0.717, 1.165) is 22.4 Å². The van der Waals surface area contributed by atoms with Crippen molar-refractivity contribution >= 4 is 27.3 Å². The first-order valence-corrected chi connectivity index (χ1v) is 13.0. The fraction of sp³-hybridized carbons (Fsp3) is 0.154. The van der Waals surface area contributed by atoms with Gasteiger partial charge in [0.2, 0.25) is 5.91 Å². The second-order valence-corrected chi connectivity index (χ2v) is 10.5. The number of para-hydroxylation sites is 1. The smallest absolute Gasteiger partial charge is 0.225 e. The molecule has 0 saturated carbocycles. The van der Waals surface area contributed by atoms with Gasteiger partial charge in [-0.3, -0.25) is 4.79 Å². The molecule has 1 heterocycles. The van der Waals surface area contributed by atoms with Gasteiger partial charge < -0.3 is 5.32 Å². The van der Waals surface area contributed by atoms with E-state index >= 15 is 0 Å². The Kier molecular flexibility index (Phi) is 6.86. The van der Waals surface area contributed by atoms with Crippen molar-refractivity contribution in [2.24, 2.45) is 0 Å². The molecule has 4 rings (SSSR count). The van der Waals surface area contributed by atoms with Gasteiger partial charge in [-0.05, 0) is 48.9 Å². The van der Waals surface area contributed by atoms with Crippen LogP contribution in [0.25, 0.3) is 16.9 Å². The van der Waals surface area contributed by atoms with Gasteiger partial charge in [-0.2, -0.15) is 5.10 Å². The van der Waals surface area contributed by atoms with Crippen molar-refractivity contribution in [3.63, 3.8) is 0 Å². The zero-order valence-corrected chi connectivity index (χ0v) is 20.3. The Morgan fingerprint density at radius 2 is 1.65 bits per heavy atom. The van der Waals surface area contributed by atoms with E-state index in [9.17, 15) is 13.2 Å². The number of halogens is 1. The maximum atomic E-state index is 12.9. The maximum absolute atomic E-state index is 12.9. The lowest BCUT2D eigenvalue weighted by Gasteiger charge is -2.15. The topological polar surface area (TPSA) is 81.1 Å². The van der Waals surface area contributed by atoms with Gasteiger partial charge in [0.1, 0.15) is 0 Å². The summed E-state index contributed by atoms with van der Waals surface area (Å²) in [5.74, 6) is -0.164. The second-order valence-electron chi connectivity index (χ2n) is 8.10. The molecule has 1 aromatic heterocycles. The molecule has 3 aromatic carbocycles. The summed E-state index contributed by atoms with van der Waals surface area (Å²) in [6.45, 7) is 1.86. The average Bonchev–Trinajstić information content (AvgIpc) is 3.23. The molecule has 174 valence electrons. The lowest BCUT2D eigenvalue weighted by atomic mass is 10.0. The number of carbonyl (C=O) groups is 1. The number of hydrogen-bond donors (Lipinski definition) is 1. The maximum Gasteiger partial charge on any atom is 0.225 e. The van der Waals surface area contributed by atoms with Gasteiger partial charge in [-0.1, -0.05) is 54.1 Å². The van der Waals surface area contributed by atoms with E-state index in [1.54, 1.807) is 41.1 Å². The molecule has 0 spiro atoms. The van der Waals surface area contributed by atoms with E-state index in [2.05, 4.69) is 5.32 Å². The van der Waals surface area contributed by atoms with E-state index in [1.165, 1.54) is 6.26 Å². The van der Waals surface area contributed by atoms with Crippen LogP contribution in [0.3, 0.4) is 0 Å². The van der Waals surface area contributed by atoms with Crippen molar-refractivity contribution in [3.8, 4) is 16.9 Å². The van der Waals surface area contributed by atoms with Gasteiger partial charge >= 0.3 is 0 Å². The number of rotatable bonds is 7. The standard InChI is InChI=1S/C26H24ClN3O3S/c1-18(19-10-14-24(15-11-19)34(2,32)33)28-25(31)16-21-17-30(23-6-4-3-5-7-23)29-26(21)20-8-12-22(27)13-9-20/h3-15,17-18H,16H2,1-2H3,(H,28,31). The number of nitrogens with one attached hydrogen (secondary N) is 1. The minimum atomic E-state index is -3.27. The predicted octanol–water partition coefficient (Wildman–Crippen LogP) is 5.02. The molecule has 0 fully saturated rings. The molecule has 0 bridgehead atoms. The summed E-state index contributed by atoms with van der Waals surface area (Å²) in [5.41, 5.74) is 4.07. The average molecular weight is 494 g/mol. The normalized spacial score (nSPS) is 12.3. The Morgan fingerprint density at radius 1 is 1.00 bits per heavy atom. The van der Waals surface area contributed by atoms with Crippen molar-refractivity contribution in [1.29, 1.82) is 0 Å². The number of amides is 1. The number of hydrogen-bond acceptors (Lipinski definition) is 4. The number of aromatic nitrogens is 2. The van der Waals surface area contributed by atoms with E-state index in [4.69, 9.17) is 16.7 Å². The summed E-state index contributed by atoms with van der Waals surface area (Å²) in [6, 6.07) is 23.3. The molecule has 0 radical (unpaired) electrons. The molecule has 0 aliphatic heterocycles. The molecule has 4 aromatic rings. The van der Waals surface area contributed by atoms with Crippen LogP contribution in [-0.2, 0) is 21.1 Å². The Balaban J connectivity index is 1.56. The highest BCUT2D eigenvalue weighted by Crippen LogP contribution is 2.26. The molecule has 1 N–H and O–H groups in total. The summed E-state index contributed by atoms with van der Waals surface area (Å²) in [5, 5.41) is 8.36. The quantitative estimate of drug-likeness (QED) is 0.392. The summed E-state index contributed by atoms with van der Waals surface area (Å²) in [6.07, 6.45) is 3.17. The van der Waals surface area contributed by atoms with Gasteiger partial charge in [0.15, 0.2) is 9.84 Å². The number of benzene rings is 3. The van der Waals surface area contributed by atoms with Gasteiger partial charge in [-0.25, -0.2) is 13.1 Å². The third kappa shape index (κ3) is 5.55. The van der Waals surface area contributed by atoms with Crippen LogP contribution in [0.4, 0.5) is 0 Å². The lowest BCUT2D eigenvalue weighted by Crippen LogP contribution is -2.28. The molecule has 8 heteroatoms. The lowest BCUT2D eigenvalue weighted by molar-refractivity contribution is -0.121. The third-order valence-electron chi connectivity index (χ3n) is 5.47. The van der Waals surface area contributed by atoms with Crippen molar-refractivity contribution in [1.82, 2.24) is 15.1 Å². The van der Waals surface area contributed by atoms with Crippen molar-refractivity contribution in [2.45, 2.75) is 24.3 Å². The molecule has 34 heavy (non-hydrogen) atoms. The highest BCUT2D eigenvalue weighted by Gasteiger charge is 2.18. The molecular weight excluding hydrogens is 470 g/mol. The highest BCUT2D eigenvalue weighted by atomic mass is 35.5. The van der Waals surface area contributed by atoms with Gasteiger partial charge in [0.25, 0.3) is 0 Å².